The van der Waals surface area contributed by atoms with Crippen LogP contribution in [0.1, 0.15) is 12.3 Å². The standard InChI is InChI=1S/C19H16F2N2O2S/c1-26-13-5-2-4-12(10-13)23-17(24)8-9-18-22-11-16(25-18)19-14(20)6-3-7-15(19)21/h2-7,10-11H,8-9H2,1H3,(H,23,24). The van der Waals surface area contributed by atoms with Crippen LogP contribution in [0.2, 0.25) is 0 Å². The Hall–Kier alpha value is -2.67. The number of oxazole rings is 1. The smallest absolute Gasteiger partial charge is 0.224 e. The third-order valence-electron chi connectivity index (χ3n) is 3.68. The van der Waals surface area contributed by atoms with E-state index in [1.807, 2.05) is 30.5 Å². The molecule has 0 saturated heterocycles. The minimum absolute atomic E-state index is 0.00341. The molecule has 134 valence electrons. The topological polar surface area (TPSA) is 55.1 Å². The van der Waals surface area contributed by atoms with Gasteiger partial charge in [0.15, 0.2) is 11.7 Å². The van der Waals surface area contributed by atoms with Crippen LogP contribution in [-0.4, -0.2) is 17.1 Å². The van der Waals surface area contributed by atoms with Crippen LogP contribution in [0.15, 0.2) is 58.0 Å². The van der Waals surface area contributed by atoms with Crippen LogP contribution in [-0.2, 0) is 11.2 Å². The molecule has 3 rings (SSSR count). The fraction of sp³-hybridized carbons (Fsp3) is 0.158. The highest BCUT2D eigenvalue weighted by molar-refractivity contribution is 7.98. The SMILES string of the molecule is CSc1cccc(NC(=O)CCc2ncc(-c3c(F)cccc3F)o2)c1. The number of rotatable bonds is 6. The van der Waals surface area contributed by atoms with Crippen LogP contribution >= 0.6 is 11.8 Å². The van der Waals surface area contributed by atoms with Crippen LogP contribution < -0.4 is 5.32 Å². The molecule has 0 radical (unpaired) electrons. The number of hydrogen-bond acceptors (Lipinski definition) is 4. The highest BCUT2D eigenvalue weighted by atomic mass is 32.2. The molecule has 26 heavy (non-hydrogen) atoms. The summed E-state index contributed by atoms with van der Waals surface area (Å²) in [4.78, 5) is 17.1. The van der Waals surface area contributed by atoms with Crippen molar-refractivity contribution in [2.45, 2.75) is 17.7 Å². The molecule has 0 bridgehead atoms. The van der Waals surface area contributed by atoms with E-state index in [9.17, 15) is 13.6 Å². The molecule has 4 nitrogen and oxygen atoms in total. The first kappa shape index (κ1) is 18.1. The fourth-order valence-corrected chi connectivity index (χ4v) is 2.88. The quantitative estimate of drug-likeness (QED) is 0.623. The van der Waals surface area contributed by atoms with Crippen molar-refractivity contribution < 1.29 is 18.0 Å². The molecule has 2 aromatic carbocycles. The Labute approximate surface area is 153 Å². The summed E-state index contributed by atoms with van der Waals surface area (Å²) in [6, 6.07) is 11.1. The second-order valence-electron chi connectivity index (χ2n) is 5.50. The molecular formula is C19H16F2N2O2S. The fourth-order valence-electron chi connectivity index (χ4n) is 2.42. The number of nitrogens with one attached hydrogen (secondary N) is 1. The van der Waals surface area contributed by atoms with Gasteiger partial charge in [-0.2, -0.15) is 0 Å². The van der Waals surface area contributed by atoms with Crippen molar-refractivity contribution >= 4 is 23.4 Å². The summed E-state index contributed by atoms with van der Waals surface area (Å²) in [6.45, 7) is 0. The molecule has 0 fully saturated rings. The van der Waals surface area contributed by atoms with Gasteiger partial charge in [-0.3, -0.25) is 4.79 Å². The third kappa shape index (κ3) is 4.29. The second kappa shape index (κ2) is 8.14. The number of amides is 1. The summed E-state index contributed by atoms with van der Waals surface area (Å²) in [5.74, 6) is -1.39. The first-order valence-corrected chi connectivity index (χ1v) is 9.12. The lowest BCUT2D eigenvalue weighted by molar-refractivity contribution is -0.116. The molecule has 0 aliphatic heterocycles. The molecule has 0 unspecified atom stereocenters. The van der Waals surface area contributed by atoms with Crippen molar-refractivity contribution in [1.82, 2.24) is 4.98 Å². The van der Waals surface area contributed by atoms with Crippen molar-refractivity contribution in [1.29, 1.82) is 0 Å². The van der Waals surface area contributed by atoms with Gasteiger partial charge in [0, 0.05) is 23.4 Å². The summed E-state index contributed by atoms with van der Waals surface area (Å²) >= 11 is 1.59. The Bertz CT molecular complexity index is 907. The van der Waals surface area contributed by atoms with Crippen LogP contribution in [0.25, 0.3) is 11.3 Å². The molecule has 1 heterocycles. The number of anilines is 1. The maximum atomic E-state index is 13.8. The molecule has 0 aliphatic carbocycles. The maximum absolute atomic E-state index is 13.8. The minimum Gasteiger partial charge on any atom is -0.441 e. The van der Waals surface area contributed by atoms with E-state index in [1.165, 1.54) is 12.3 Å². The van der Waals surface area contributed by atoms with Gasteiger partial charge in [-0.25, -0.2) is 13.8 Å². The lowest BCUT2D eigenvalue weighted by atomic mass is 10.1. The largest absolute Gasteiger partial charge is 0.441 e. The number of carbonyl (C=O) groups is 1. The molecule has 1 amide bonds. The number of aryl methyl sites for hydroxylation is 1. The Morgan fingerprint density at radius 2 is 1.92 bits per heavy atom. The first-order valence-electron chi connectivity index (χ1n) is 7.90. The number of halogens is 2. The lowest BCUT2D eigenvalue weighted by Crippen LogP contribution is -2.12. The number of nitrogens with zero attached hydrogens (tertiary/aromatic N) is 1. The van der Waals surface area contributed by atoms with E-state index in [0.717, 1.165) is 17.0 Å². The lowest BCUT2D eigenvalue weighted by Gasteiger charge is -2.05. The summed E-state index contributed by atoms with van der Waals surface area (Å²) in [7, 11) is 0. The van der Waals surface area contributed by atoms with E-state index in [4.69, 9.17) is 4.42 Å². The Morgan fingerprint density at radius 1 is 1.19 bits per heavy atom. The summed E-state index contributed by atoms with van der Waals surface area (Å²) < 4.78 is 32.9. The molecule has 0 saturated carbocycles. The van der Waals surface area contributed by atoms with E-state index in [2.05, 4.69) is 10.3 Å². The van der Waals surface area contributed by atoms with E-state index < -0.39 is 11.6 Å². The van der Waals surface area contributed by atoms with Crippen molar-refractivity contribution in [3.05, 3.63) is 66.2 Å². The van der Waals surface area contributed by atoms with Gasteiger partial charge < -0.3 is 9.73 Å². The first-order chi connectivity index (χ1) is 12.6. The zero-order valence-electron chi connectivity index (χ0n) is 14.0. The molecule has 1 aromatic heterocycles. The monoisotopic (exact) mass is 374 g/mol. The van der Waals surface area contributed by atoms with E-state index in [-0.39, 0.29) is 36.0 Å². The summed E-state index contributed by atoms with van der Waals surface area (Å²) in [5, 5.41) is 2.80. The van der Waals surface area contributed by atoms with Gasteiger partial charge in [0.25, 0.3) is 0 Å². The number of hydrogen-bond donors (Lipinski definition) is 1. The molecule has 1 N–H and O–H groups in total. The molecule has 0 aliphatic rings. The highest BCUT2D eigenvalue weighted by Crippen LogP contribution is 2.27. The molecule has 3 aromatic rings. The van der Waals surface area contributed by atoms with Gasteiger partial charge in [0.1, 0.15) is 11.6 Å². The molecular weight excluding hydrogens is 358 g/mol. The zero-order valence-corrected chi connectivity index (χ0v) is 14.8. The molecule has 0 atom stereocenters. The van der Waals surface area contributed by atoms with E-state index >= 15 is 0 Å². The van der Waals surface area contributed by atoms with Crippen molar-refractivity contribution in [2.75, 3.05) is 11.6 Å². The van der Waals surface area contributed by atoms with E-state index in [0.29, 0.717) is 5.69 Å². The van der Waals surface area contributed by atoms with Gasteiger partial charge in [-0.1, -0.05) is 12.1 Å². The zero-order chi connectivity index (χ0) is 18.5. The van der Waals surface area contributed by atoms with Gasteiger partial charge in [0.05, 0.1) is 11.8 Å². The van der Waals surface area contributed by atoms with Crippen molar-refractivity contribution in [2.24, 2.45) is 0 Å². The van der Waals surface area contributed by atoms with Crippen molar-refractivity contribution in [3.63, 3.8) is 0 Å². The van der Waals surface area contributed by atoms with Gasteiger partial charge in [0.2, 0.25) is 5.91 Å². The summed E-state index contributed by atoms with van der Waals surface area (Å²) in [5.41, 5.74) is 0.452. The Balaban J connectivity index is 1.62. The van der Waals surface area contributed by atoms with Crippen LogP contribution in [0, 0.1) is 11.6 Å². The third-order valence-corrected chi connectivity index (χ3v) is 4.41. The Kier molecular flexibility index (Phi) is 5.68. The van der Waals surface area contributed by atoms with Gasteiger partial charge in [-0.05, 0) is 36.6 Å². The average Bonchev–Trinajstić information content (AvgIpc) is 3.08. The predicted molar refractivity (Wildman–Crippen MR) is 97.0 cm³/mol. The van der Waals surface area contributed by atoms with Crippen LogP contribution in [0.3, 0.4) is 0 Å². The van der Waals surface area contributed by atoms with Gasteiger partial charge >= 0.3 is 0 Å². The van der Waals surface area contributed by atoms with Crippen LogP contribution in [0.4, 0.5) is 14.5 Å². The number of benzene rings is 2. The predicted octanol–water partition coefficient (Wildman–Crippen LogP) is 4.91. The molecule has 7 heteroatoms. The average molecular weight is 374 g/mol. The van der Waals surface area contributed by atoms with Crippen molar-refractivity contribution in [3.8, 4) is 11.3 Å². The Morgan fingerprint density at radius 3 is 2.65 bits per heavy atom. The second-order valence-corrected chi connectivity index (χ2v) is 6.37. The number of carbonyl (C=O) groups excluding carboxylic acids is 1. The maximum Gasteiger partial charge on any atom is 0.224 e. The number of thioether (sulfide) groups is 1. The molecule has 0 spiro atoms. The highest BCUT2D eigenvalue weighted by Gasteiger charge is 2.16. The van der Waals surface area contributed by atoms with Gasteiger partial charge in [-0.15, -0.1) is 11.8 Å². The minimum atomic E-state index is -0.723. The normalized spacial score (nSPS) is 10.7. The van der Waals surface area contributed by atoms with E-state index in [1.54, 1.807) is 11.8 Å². The summed E-state index contributed by atoms with van der Waals surface area (Å²) in [6.07, 6.45) is 3.59. The van der Waals surface area contributed by atoms with Crippen LogP contribution in [0.5, 0.6) is 0 Å². The number of aromatic nitrogens is 1.